The van der Waals surface area contributed by atoms with Gasteiger partial charge < -0.3 is 15.0 Å². The predicted octanol–water partition coefficient (Wildman–Crippen LogP) is 0.622. The normalized spacial score (nSPS) is 21.7. The smallest absolute Gasteiger partial charge is 0.242 e. The van der Waals surface area contributed by atoms with Crippen molar-refractivity contribution in [3.05, 3.63) is 0 Å². The lowest BCUT2D eigenvalue weighted by atomic mass is 10.0. The van der Waals surface area contributed by atoms with Crippen LogP contribution in [0.4, 0.5) is 0 Å². The number of rotatable bonds is 4. The molecule has 88 valence electrons. The van der Waals surface area contributed by atoms with E-state index in [-0.39, 0.29) is 12.0 Å². The van der Waals surface area contributed by atoms with Crippen molar-refractivity contribution in [3.8, 4) is 0 Å². The zero-order valence-corrected chi connectivity index (χ0v) is 10.2. The molecule has 1 aliphatic heterocycles. The fraction of sp³-hybridized carbons (Fsp3) is 0.909. The second-order valence-corrected chi connectivity index (χ2v) is 4.70. The van der Waals surface area contributed by atoms with E-state index in [1.54, 1.807) is 11.9 Å². The van der Waals surface area contributed by atoms with Crippen LogP contribution in [0, 0.1) is 0 Å². The predicted molar refractivity (Wildman–Crippen MR) is 59.7 cm³/mol. The standard InChI is InChI=1S/C11H22N2O2/c1-11(2,12-3)10(14)13(4)8-9-6-5-7-15-9/h9,12H,5-8H2,1-4H3. The summed E-state index contributed by atoms with van der Waals surface area (Å²) < 4.78 is 5.51. The summed E-state index contributed by atoms with van der Waals surface area (Å²) in [5.41, 5.74) is -0.493. The van der Waals surface area contributed by atoms with Crippen molar-refractivity contribution in [3.63, 3.8) is 0 Å². The molecular formula is C11H22N2O2. The lowest BCUT2D eigenvalue weighted by Gasteiger charge is -2.30. The maximum absolute atomic E-state index is 12.0. The Morgan fingerprint density at radius 2 is 2.27 bits per heavy atom. The molecule has 1 fully saturated rings. The Morgan fingerprint density at radius 1 is 1.60 bits per heavy atom. The van der Waals surface area contributed by atoms with E-state index in [2.05, 4.69) is 5.32 Å². The van der Waals surface area contributed by atoms with Gasteiger partial charge in [0.05, 0.1) is 11.6 Å². The fourth-order valence-electron chi connectivity index (χ4n) is 1.76. The minimum atomic E-state index is -0.493. The zero-order chi connectivity index (χ0) is 11.5. The average molecular weight is 214 g/mol. The first-order chi connectivity index (χ1) is 6.97. The van der Waals surface area contributed by atoms with Crippen molar-refractivity contribution in [1.82, 2.24) is 10.2 Å². The number of hydrogen-bond donors (Lipinski definition) is 1. The highest BCUT2D eigenvalue weighted by Crippen LogP contribution is 2.14. The molecule has 4 nitrogen and oxygen atoms in total. The van der Waals surface area contributed by atoms with E-state index in [4.69, 9.17) is 4.74 Å². The third-order valence-corrected chi connectivity index (χ3v) is 3.01. The van der Waals surface area contributed by atoms with Crippen LogP contribution in [-0.2, 0) is 9.53 Å². The number of carbonyl (C=O) groups excluding carboxylic acids is 1. The minimum absolute atomic E-state index is 0.112. The number of hydrogen-bond acceptors (Lipinski definition) is 3. The van der Waals surface area contributed by atoms with Crippen LogP contribution in [0.25, 0.3) is 0 Å². The lowest BCUT2D eigenvalue weighted by molar-refractivity contribution is -0.136. The summed E-state index contributed by atoms with van der Waals surface area (Å²) in [5.74, 6) is 0.112. The van der Waals surface area contributed by atoms with E-state index in [1.165, 1.54) is 0 Å². The van der Waals surface area contributed by atoms with Crippen molar-refractivity contribution < 1.29 is 9.53 Å². The first-order valence-electron chi connectivity index (χ1n) is 5.53. The van der Waals surface area contributed by atoms with Gasteiger partial charge in [0, 0.05) is 20.2 Å². The van der Waals surface area contributed by atoms with Crippen LogP contribution in [0.5, 0.6) is 0 Å². The quantitative estimate of drug-likeness (QED) is 0.746. The lowest BCUT2D eigenvalue weighted by Crippen LogP contribution is -2.52. The molecule has 1 atom stereocenters. The molecule has 0 spiro atoms. The fourth-order valence-corrected chi connectivity index (χ4v) is 1.76. The number of carbonyl (C=O) groups is 1. The Morgan fingerprint density at radius 3 is 2.73 bits per heavy atom. The summed E-state index contributed by atoms with van der Waals surface area (Å²) >= 11 is 0. The highest BCUT2D eigenvalue weighted by Gasteiger charge is 2.30. The maximum atomic E-state index is 12.0. The first-order valence-corrected chi connectivity index (χ1v) is 5.53. The van der Waals surface area contributed by atoms with Gasteiger partial charge in [-0.25, -0.2) is 0 Å². The second-order valence-electron chi connectivity index (χ2n) is 4.70. The maximum Gasteiger partial charge on any atom is 0.242 e. The van der Waals surface area contributed by atoms with E-state index < -0.39 is 5.54 Å². The van der Waals surface area contributed by atoms with Gasteiger partial charge in [0.25, 0.3) is 0 Å². The molecule has 0 aromatic heterocycles. The number of nitrogens with zero attached hydrogens (tertiary/aromatic N) is 1. The van der Waals surface area contributed by atoms with Gasteiger partial charge in [0.1, 0.15) is 0 Å². The molecule has 1 heterocycles. The van der Waals surface area contributed by atoms with E-state index >= 15 is 0 Å². The largest absolute Gasteiger partial charge is 0.376 e. The van der Waals surface area contributed by atoms with Crippen LogP contribution in [0.1, 0.15) is 26.7 Å². The molecule has 0 saturated carbocycles. The molecule has 0 bridgehead atoms. The Bertz CT molecular complexity index is 223. The summed E-state index contributed by atoms with van der Waals surface area (Å²) in [5, 5.41) is 3.01. The topological polar surface area (TPSA) is 41.6 Å². The third-order valence-electron chi connectivity index (χ3n) is 3.01. The molecule has 4 heteroatoms. The van der Waals surface area contributed by atoms with Crippen LogP contribution in [0.3, 0.4) is 0 Å². The molecule has 0 radical (unpaired) electrons. The Labute approximate surface area is 92.0 Å². The van der Waals surface area contributed by atoms with Gasteiger partial charge in [-0.1, -0.05) is 0 Å². The molecule has 1 saturated heterocycles. The highest BCUT2D eigenvalue weighted by atomic mass is 16.5. The van der Waals surface area contributed by atoms with Gasteiger partial charge in [-0.2, -0.15) is 0 Å². The molecule has 1 amide bonds. The second kappa shape index (κ2) is 4.94. The summed E-state index contributed by atoms with van der Waals surface area (Å²) in [6, 6.07) is 0. The molecule has 1 rings (SSSR count). The Balaban J connectivity index is 2.45. The Hall–Kier alpha value is -0.610. The van der Waals surface area contributed by atoms with Gasteiger partial charge in [-0.05, 0) is 33.7 Å². The molecule has 0 aromatic carbocycles. The molecule has 15 heavy (non-hydrogen) atoms. The van der Waals surface area contributed by atoms with Gasteiger partial charge in [0.2, 0.25) is 5.91 Å². The molecule has 1 unspecified atom stereocenters. The van der Waals surface area contributed by atoms with Crippen LogP contribution < -0.4 is 5.32 Å². The van der Waals surface area contributed by atoms with E-state index in [1.807, 2.05) is 20.9 Å². The van der Waals surface area contributed by atoms with Gasteiger partial charge in [-0.3, -0.25) is 4.79 Å². The third kappa shape index (κ3) is 3.18. The van der Waals surface area contributed by atoms with Crippen molar-refractivity contribution in [1.29, 1.82) is 0 Å². The summed E-state index contributed by atoms with van der Waals surface area (Å²) in [6.45, 7) is 5.31. The number of nitrogens with one attached hydrogen (secondary N) is 1. The molecule has 0 aliphatic carbocycles. The summed E-state index contributed by atoms with van der Waals surface area (Å²) in [4.78, 5) is 13.7. The van der Waals surface area contributed by atoms with Crippen LogP contribution in [-0.4, -0.2) is 49.7 Å². The summed E-state index contributed by atoms with van der Waals surface area (Å²) in [7, 11) is 3.64. The molecule has 0 aromatic rings. The molecule has 1 N–H and O–H groups in total. The van der Waals surface area contributed by atoms with Crippen LogP contribution in [0.2, 0.25) is 0 Å². The van der Waals surface area contributed by atoms with E-state index in [0.717, 1.165) is 19.4 Å². The van der Waals surface area contributed by atoms with Gasteiger partial charge >= 0.3 is 0 Å². The molecular weight excluding hydrogens is 192 g/mol. The van der Waals surface area contributed by atoms with Crippen molar-refractivity contribution in [2.24, 2.45) is 0 Å². The van der Waals surface area contributed by atoms with Crippen molar-refractivity contribution >= 4 is 5.91 Å². The van der Waals surface area contributed by atoms with Crippen LogP contribution in [0.15, 0.2) is 0 Å². The van der Waals surface area contributed by atoms with Gasteiger partial charge in [-0.15, -0.1) is 0 Å². The first kappa shape index (κ1) is 12.5. The van der Waals surface area contributed by atoms with E-state index in [9.17, 15) is 4.79 Å². The Kier molecular flexibility index (Phi) is 4.11. The van der Waals surface area contributed by atoms with Gasteiger partial charge in [0.15, 0.2) is 0 Å². The number of ether oxygens (including phenoxy) is 1. The number of amides is 1. The monoisotopic (exact) mass is 214 g/mol. The van der Waals surface area contributed by atoms with Crippen molar-refractivity contribution in [2.75, 3.05) is 27.2 Å². The summed E-state index contributed by atoms with van der Waals surface area (Å²) in [6.07, 6.45) is 2.41. The van der Waals surface area contributed by atoms with Crippen LogP contribution >= 0.6 is 0 Å². The number of likely N-dealkylation sites (N-methyl/N-ethyl adjacent to an activating group) is 2. The zero-order valence-electron chi connectivity index (χ0n) is 10.2. The van der Waals surface area contributed by atoms with E-state index in [0.29, 0.717) is 6.54 Å². The average Bonchev–Trinajstić information content (AvgIpc) is 2.69. The SMILES string of the molecule is CNC(C)(C)C(=O)N(C)CC1CCCO1. The minimum Gasteiger partial charge on any atom is -0.376 e. The highest BCUT2D eigenvalue weighted by molar-refractivity contribution is 5.85. The molecule has 1 aliphatic rings. The van der Waals surface area contributed by atoms with Crippen molar-refractivity contribution in [2.45, 2.75) is 38.3 Å².